The molecule has 78 valence electrons. The molecule has 14 heavy (non-hydrogen) atoms. The summed E-state index contributed by atoms with van der Waals surface area (Å²) in [7, 11) is 4.03. The second kappa shape index (κ2) is 4.58. The molecule has 0 aliphatic heterocycles. The van der Waals surface area contributed by atoms with Crippen molar-refractivity contribution in [3.63, 3.8) is 0 Å². The van der Waals surface area contributed by atoms with E-state index in [2.05, 4.69) is 44.4 Å². The van der Waals surface area contributed by atoms with Gasteiger partial charge < -0.3 is 0 Å². The van der Waals surface area contributed by atoms with E-state index in [-0.39, 0.29) is 0 Å². The summed E-state index contributed by atoms with van der Waals surface area (Å²) in [6, 6.07) is 6.95. The molecule has 0 amide bonds. The topological polar surface area (TPSA) is 15.3 Å². The van der Waals surface area contributed by atoms with Gasteiger partial charge in [0.05, 0.1) is 0 Å². The Morgan fingerprint density at radius 1 is 1.21 bits per heavy atom. The Bertz CT molecular complexity index is 305. The van der Waals surface area contributed by atoms with Crippen LogP contribution in [0.5, 0.6) is 0 Å². The highest BCUT2D eigenvalue weighted by atomic mass is 15.5. The number of hydrogen-bond acceptors (Lipinski definition) is 2. The lowest BCUT2D eigenvalue weighted by Crippen LogP contribution is -2.33. The molecule has 0 heterocycles. The molecule has 1 unspecified atom stereocenters. The largest absolute Gasteiger partial charge is 0.250 e. The van der Waals surface area contributed by atoms with Crippen molar-refractivity contribution in [3.05, 3.63) is 34.9 Å². The molecule has 1 aromatic carbocycles. The van der Waals surface area contributed by atoms with E-state index in [0.29, 0.717) is 6.04 Å². The maximum atomic E-state index is 3.35. The Hall–Kier alpha value is -0.860. The Kier molecular flexibility index (Phi) is 3.67. The maximum Gasteiger partial charge on any atom is 0.0438 e. The fraction of sp³-hybridized carbons (Fsp3) is 0.500. The van der Waals surface area contributed by atoms with E-state index in [4.69, 9.17) is 0 Å². The van der Waals surface area contributed by atoms with Crippen LogP contribution in [-0.2, 0) is 0 Å². The van der Waals surface area contributed by atoms with Gasteiger partial charge in [0.1, 0.15) is 0 Å². The van der Waals surface area contributed by atoms with Crippen LogP contribution in [-0.4, -0.2) is 19.1 Å². The minimum atomic E-state index is 0.366. The Balaban J connectivity index is 2.84. The molecule has 0 fully saturated rings. The lowest BCUT2D eigenvalue weighted by molar-refractivity contribution is 0.252. The molecule has 0 spiro atoms. The molecule has 0 aromatic heterocycles. The summed E-state index contributed by atoms with van der Waals surface area (Å²) in [5.41, 5.74) is 7.39. The molecule has 1 aromatic rings. The van der Waals surface area contributed by atoms with E-state index in [1.807, 2.05) is 19.1 Å². The molecule has 0 aliphatic rings. The SMILES string of the molecule is Cc1ccc(C(C)NN(C)C)c(C)c1. The summed E-state index contributed by atoms with van der Waals surface area (Å²) in [5, 5.41) is 1.99. The average molecular weight is 192 g/mol. The van der Waals surface area contributed by atoms with Gasteiger partial charge in [-0.3, -0.25) is 5.01 Å². The Morgan fingerprint density at radius 3 is 2.36 bits per heavy atom. The molecule has 0 saturated carbocycles. The first-order chi connectivity index (χ1) is 6.50. The number of nitrogens with zero attached hydrogens (tertiary/aromatic N) is 1. The number of hydrogen-bond donors (Lipinski definition) is 1. The quantitative estimate of drug-likeness (QED) is 0.740. The standard InChI is InChI=1S/C12H20N2/c1-9-6-7-12(10(2)8-9)11(3)13-14(4)5/h6-8,11,13H,1-5H3. The van der Waals surface area contributed by atoms with Gasteiger partial charge in [-0.2, -0.15) is 0 Å². The van der Waals surface area contributed by atoms with E-state index in [1.54, 1.807) is 0 Å². The molecular weight excluding hydrogens is 172 g/mol. The summed E-state index contributed by atoms with van der Waals surface area (Å²) in [6.07, 6.45) is 0. The fourth-order valence-corrected chi connectivity index (χ4v) is 1.77. The van der Waals surface area contributed by atoms with Crippen LogP contribution in [0.25, 0.3) is 0 Å². The zero-order valence-corrected chi connectivity index (χ0v) is 9.76. The molecule has 0 bridgehead atoms. The summed E-state index contributed by atoms with van der Waals surface area (Å²) >= 11 is 0. The summed E-state index contributed by atoms with van der Waals surface area (Å²) < 4.78 is 0. The highest BCUT2D eigenvalue weighted by molar-refractivity contribution is 5.32. The molecule has 1 atom stereocenters. The van der Waals surface area contributed by atoms with Crippen LogP contribution in [0.15, 0.2) is 18.2 Å². The van der Waals surface area contributed by atoms with Crippen molar-refractivity contribution < 1.29 is 0 Å². The van der Waals surface area contributed by atoms with Crippen molar-refractivity contribution in [2.24, 2.45) is 0 Å². The van der Waals surface area contributed by atoms with Crippen molar-refractivity contribution >= 4 is 0 Å². The van der Waals surface area contributed by atoms with Gasteiger partial charge in [0.25, 0.3) is 0 Å². The number of nitrogens with one attached hydrogen (secondary N) is 1. The van der Waals surface area contributed by atoms with E-state index in [1.165, 1.54) is 16.7 Å². The summed E-state index contributed by atoms with van der Waals surface area (Å²) in [4.78, 5) is 0. The summed E-state index contributed by atoms with van der Waals surface area (Å²) in [6.45, 7) is 6.47. The molecule has 0 saturated heterocycles. The van der Waals surface area contributed by atoms with Crippen LogP contribution in [0.3, 0.4) is 0 Å². The predicted molar refractivity (Wildman–Crippen MR) is 61.2 cm³/mol. The number of rotatable bonds is 3. The number of benzene rings is 1. The number of hydrazine groups is 1. The van der Waals surface area contributed by atoms with Crippen molar-refractivity contribution in [2.75, 3.05) is 14.1 Å². The van der Waals surface area contributed by atoms with E-state index < -0.39 is 0 Å². The van der Waals surface area contributed by atoms with Gasteiger partial charge >= 0.3 is 0 Å². The van der Waals surface area contributed by atoms with E-state index >= 15 is 0 Å². The van der Waals surface area contributed by atoms with E-state index in [9.17, 15) is 0 Å². The van der Waals surface area contributed by atoms with Gasteiger partial charge in [-0.1, -0.05) is 23.8 Å². The van der Waals surface area contributed by atoms with Crippen LogP contribution in [0.2, 0.25) is 0 Å². The van der Waals surface area contributed by atoms with Gasteiger partial charge in [0.15, 0.2) is 0 Å². The van der Waals surface area contributed by atoms with Crippen LogP contribution < -0.4 is 5.43 Å². The fourth-order valence-electron chi connectivity index (χ4n) is 1.77. The van der Waals surface area contributed by atoms with Gasteiger partial charge in [-0.15, -0.1) is 0 Å². The lowest BCUT2D eigenvalue weighted by atomic mass is 10.0. The van der Waals surface area contributed by atoms with Crippen molar-refractivity contribution in [2.45, 2.75) is 26.8 Å². The zero-order chi connectivity index (χ0) is 10.7. The van der Waals surface area contributed by atoms with Crippen LogP contribution in [0.4, 0.5) is 0 Å². The maximum absolute atomic E-state index is 3.35. The average Bonchev–Trinajstić information content (AvgIpc) is 2.01. The molecular formula is C12H20N2. The van der Waals surface area contributed by atoms with Gasteiger partial charge in [-0.25, -0.2) is 5.43 Å². The van der Waals surface area contributed by atoms with Crippen molar-refractivity contribution in [3.8, 4) is 0 Å². The molecule has 0 radical (unpaired) electrons. The minimum Gasteiger partial charge on any atom is -0.250 e. The minimum absolute atomic E-state index is 0.366. The van der Waals surface area contributed by atoms with E-state index in [0.717, 1.165) is 0 Å². The smallest absolute Gasteiger partial charge is 0.0438 e. The van der Waals surface area contributed by atoms with Gasteiger partial charge in [0, 0.05) is 20.1 Å². The molecule has 1 N–H and O–H groups in total. The van der Waals surface area contributed by atoms with Gasteiger partial charge in [0.2, 0.25) is 0 Å². The molecule has 2 heteroatoms. The summed E-state index contributed by atoms with van der Waals surface area (Å²) in [5.74, 6) is 0. The molecule has 1 rings (SSSR count). The van der Waals surface area contributed by atoms with Crippen LogP contribution in [0, 0.1) is 13.8 Å². The highest BCUT2D eigenvalue weighted by Gasteiger charge is 2.07. The van der Waals surface area contributed by atoms with Crippen LogP contribution in [0.1, 0.15) is 29.7 Å². The molecule has 0 aliphatic carbocycles. The second-order valence-electron chi connectivity index (χ2n) is 4.11. The van der Waals surface area contributed by atoms with Crippen LogP contribution >= 0.6 is 0 Å². The van der Waals surface area contributed by atoms with Crippen molar-refractivity contribution in [1.29, 1.82) is 0 Å². The Morgan fingerprint density at radius 2 is 1.86 bits per heavy atom. The predicted octanol–water partition coefficient (Wildman–Crippen LogP) is 2.43. The third-order valence-corrected chi connectivity index (χ3v) is 2.34. The highest BCUT2D eigenvalue weighted by Crippen LogP contribution is 2.18. The Labute approximate surface area is 86.9 Å². The van der Waals surface area contributed by atoms with Gasteiger partial charge in [-0.05, 0) is 31.9 Å². The lowest BCUT2D eigenvalue weighted by Gasteiger charge is -2.21. The first kappa shape index (κ1) is 11.2. The number of aryl methyl sites for hydroxylation is 2. The first-order valence-corrected chi connectivity index (χ1v) is 5.01. The third-order valence-electron chi connectivity index (χ3n) is 2.34. The monoisotopic (exact) mass is 192 g/mol. The molecule has 2 nitrogen and oxygen atoms in total. The third kappa shape index (κ3) is 2.82. The first-order valence-electron chi connectivity index (χ1n) is 5.01. The second-order valence-corrected chi connectivity index (χ2v) is 4.11. The zero-order valence-electron chi connectivity index (χ0n) is 9.76. The normalized spacial score (nSPS) is 13.3. The van der Waals surface area contributed by atoms with Crippen molar-refractivity contribution in [1.82, 2.24) is 10.4 Å².